The molecule has 0 spiro atoms. The average molecular weight is 231 g/mol. The summed E-state index contributed by atoms with van der Waals surface area (Å²) in [4.78, 5) is 11.0. The minimum absolute atomic E-state index is 0.00829. The number of ketones is 1. The van der Waals surface area contributed by atoms with Gasteiger partial charge in [-0.2, -0.15) is 0 Å². The second-order valence-corrected chi connectivity index (χ2v) is 4.24. The Balaban J connectivity index is 2.87. The molecule has 0 radical (unpaired) electrons. The van der Waals surface area contributed by atoms with Crippen LogP contribution >= 0.6 is 23.2 Å². The molecule has 0 aliphatic rings. The molecule has 0 bridgehead atoms. The Morgan fingerprint density at radius 3 is 2.71 bits per heavy atom. The van der Waals surface area contributed by atoms with Crippen molar-refractivity contribution >= 4 is 29.0 Å². The molecular formula is C11H12Cl2O. The van der Waals surface area contributed by atoms with Crippen LogP contribution in [0.4, 0.5) is 0 Å². The molecule has 1 aromatic carbocycles. The number of benzene rings is 1. The van der Waals surface area contributed by atoms with E-state index in [9.17, 15) is 4.79 Å². The SMILES string of the molecule is CC(=O)C(Cl)Cc1cccc(Cl)c1C. The quantitative estimate of drug-likeness (QED) is 0.728. The van der Waals surface area contributed by atoms with Crippen molar-refractivity contribution < 1.29 is 4.79 Å². The molecule has 0 fully saturated rings. The fourth-order valence-corrected chi connectivity index (χ4v) is 1.57. The first-order chi connectivity index (χ1) is 6.52. The van der Waals surface area contributed by atoms with Crippen LogP contribution in [0, 0.1) is 6.92 Å². The van der Waals surface area contributed by atoms with Gasteiger partial charge in [0.25, 0.3) is 0 Å². The van der Waals surface area contributed by atoms with Crippen molar-refractivity contribution in [1.29, 1.82) is 0 Å². The third-order valence-electron chi connectivity index (χ3n) is 2.22. The van der Waals surface area contributed by atoms with Gasteiger partial charge in [0.15, 0.2) is 0 Å². The summed E-state index contributed by atoms with van der Waals surface area (Å²) in [7, 11) is 0. The van der Waals surface area contributed by atoms with Gasteiger partial charge in [0.05, 0.1) is 5.38 Å². The Hall–Kier alpha value is -0.530. The van der Waals surface area contributed by atoms with E-state index < -0.39 is 5.38 Å². The van der Waals surface area contributed by atoms with Gasteiger partial charge in [-0.15, -0.1) is 11.6 Å². The zero-order valence-electron chi connectivity index (χ0n) is 8.18. The highest BCUT2D eigenvalue weighted by Gasteiger charge is 2.12. The van der Waals surface area contributed by atoms with Gasteiger partial charge in [-0.05, 0) is 37.5 Å². The number of rotatable bonds is 3. The minimum Gasteiger partial charge on any atom is -0.298 e. The highest BCUT2D eigenvalue weighted by molar-refractivity contribution is 6.32. The van der Waals surface area contributed by atoms with Crippen LogP contribution in [0.5, 0.6) is 0 Å². The lowest BCUT2D eigenvalue weighted by molar-refractivity contribution is -0.116. The van der Waals surface area contributed by atoms with E-state index in [-0.39, 0.29) is 5.78 Å². The van der Waals surface area contributed by atoms with E-state index in [1.807, 2.05) is 25.1 Å². The highest BCUT2D eigenvalue weighted by atomic mass is 35.5. The normalized spacial score (nSPS) is 12.6. The first-order valence-corrected chi connectivity index (χ1v) is 5.22. The van der Waals surface area contributed by atoms with Crippen molar-refractivity contribution in [2.24, 2.45) is 0 Å². The first-order valence-electron chi connectivity index (χ1n) is 4.41. The average Bonchev–Trinajstić information content (AvgIpc) is 2.12. The van der Waals surface area contributed by atoms with Gasteiger partial charge in [0.2, 0.25) is 0 Å². The molecular weight excluding hydrogens is 219 g/mol. The zero-order chi connectivity index (χ0) is 10.7. The zero-order valence-corrected chi connectivity index (χ0v) is 9.69. The Bertz CT molecular complexity index is 347. The van der Waals surface area contributed by atoms with Crippen LogP contribution in [-0.4, -0.2) is 11.2 Å². The van der Waals surface area contributed by atoms with Crippen molar-refractivity contribution in [1.82, 2.24) is 0 Å². The monoisotopic (exact) mass is 230 g/mol. The number of Topliss-reactive ketones (excluding diaryl/α,β-unsaturated/α-hetero) is 1. The molecule has 0 N–H and O–H groups in total. The molecule has 0 saturated carbocycles. The Kier molecular flexibility index (Phi) is 3.97. The molecule has 0 aliphatic heterocycles. The molecule has 1 unspecified atom stereocenters. The molecule has 0 amide bonds. The van der Waals surface area contributed by atoms with Crippen LogP contribution in [0.1, 0.15) is 18.1 Å². The number of alkyl halides is 1. The van der Waals surface area contributed by atoms with Crippen LogP contribution in [0.2, 0.25) is 5.02 Å². The molecule has 0 heterocycles. The molecule has 0 aromatic heterocycles. The summed E-state index contributed by atoms with van der Waals surface area (Å²) in [5.74, 6) is -0.00829. The number of hydrogen-bond acceptors (Lipinski definition) is 1. The fourth-order valence-electron chi connectivity index (χ4n) is 1.21. The van der Waals surface area contributed by atoms with Crippen molar-refractivity contribution in [2.75, 3.05) is 0 Å². The Morgan fingerprint density at radius 1 is 1.50 bits per heavy atom. The molecule has 1 atom stereocenters. The van der Waals surface area contributed by atoms with E-state index in [0.29, 0.717) is 6.42 Å². The summed E-state index contributed by atoms with van der Waals surface area (Å²) >= 11 is 11.8. The lowest BCUT2D eigenvalue weighted by Crippen LogP contribution is -2.14. The van der Waals surface area contributed by atoms with Crippen molar-refractivity contribution in [3.05, 3.63) is 34.3 Å². The van der Waals surface area contributed by atoms with Gasteiger partial charge >= 0.3 is 0 Å². The standard InChI is InChI=1S/C11H12Cl2O/c1-7-9(4-3-5-10(7)12)6-11(13)8(2)14/h3-5,11H,6H2,1-2H3. The smallest absolute Gasteiger partial charge is 0.147 e. The third-order valence-corrected chi connectivity index (χ3v) is 3.09. The summed E-state index contributed by atoms with van der Waals surface area (Å²) in [5.41, 5.74) is 2.04. The maximum atomic E-state index is 11.0. The molecule has 0 aliphatic carbocycles. The molecule has 1 nitrogen and oxygen atoms in total. The number of hydrogen-bond donors (Lipinski definition) is 0. The lowest BCUT2D eigenvalue weighted by Gasteiger charge is -2.09. The molecule has 1 aromatic rings. The second kappa shape index (κ2) is 4.81. The molecule has 76 valence electrons. The third kappa shape index (κ3) is 2.73. The van der Waals surface area contributed by atoms with Crippen LogP contribution in [0.15, 0.2) is 18.2 Å². The van der Waals surface area contributed by atoms with Crippen molar-refractivity contribution in [2.45, 2.75) is 25.6 Å². The predicted molar refractivity (Wildman–Crippen MR) is 60.2 cm³/mol. The van der Waals surface area contributed by atoms with Gasteiger partial charge in [-0.3, -0.25) is 4.79 Å². The van der Waals surface area contributed by atoms with Crippen LogP contribution in [-0.2, 0) is 11.2 Å². The summed E-state index contributed by atoms with van der Waals surface area (Å²) in [6.07, 6.45) is 0.545. The molecule has 1 rings (SSSR count). The molecule has 3 heteroatoms. The fraction of sp³-hybridized carbons (Fsp3) is 0.364. The predicted octanol–water partition coefficient (Wildman–Crippen LogP) is 3.39. The van der Waals surface area contributed by atoms with Gasteiger partial charge in [-0.1, -0.05) is 23.7 Å². The van der Waals surface area contributed by atoms with Crippen LogP contribution in [0.25, 0.3) is 0 Å². The van der Waals surface area contributed by atoms with Gasteiger partial charge in [0, 0.05) is 5.02 Å². The van der Waals surface area contributed by atoms with E-state index in [2.05, 4.69) is 0 Å². The van der Waals surface area contributed by atoms with Crippen LogP contribution < -0.4 is 0 Å². The van der Waals surface area contributed by atoms with E-state index in [4.69, 9.17) is 23.2 Å². The summed E-state index contributed by atoms with van der Waals surface area (Å²) < 4.78 is 0. The highest BCUT2D eigenvalue weighted by Crippen LogP contribution is 2.21. The number of carbonyl (C=O) groups excluding carboxylic acids is 1. The van der Waals surface area contributed by atoms with E-state index in [1.54, 1.807) is 0 Å². The van der Waals surface area contributed by atoms with E-state index >= 15 is 0 Å². The van der Waals surface area contributed by atoms with Crippen molar-refractivity contribution in [3.8, 4) is 0 Å². The largest absolute Gasteiger partial charge is 0.298 e. The lowest BCUT2D eigenvalue weighted by atomic mass is 10.0. The maximum Gasteiger partial charge on any atom is 0.147 e. The summed E-state index contributed by atoms with van der Waals surface area (Å²) in [6.45, 7) is 3.43. The van der Waals surface area contributed by atoms with Crippen molar-refractivity contribution in [3.63, 3.8) is 0 Å². The topological polar surface area (TPSA) is 17.1 Å². The number of carbonyl (C=O) groups is 1. The summed E-state index contributed by atoms with van der Waals surface area (Å²) in [6, 6.07) is 5.64. The molecule has 0 saturated heterocycles. The van der Waals surface area contributed by atoms with Crippen LogP contribution in [0.3, 0.4) is 0 Å². The van der Waals surface area contributed by atoms with E-state index in [1.165, 1.54) is 6.92 Å². The maximum absolute atomic E-state index is 11.0. The Labute approximate surface area is 94.0 Å². The second-order valence-electron chi connectivity index (χ2n) is 3.31. The minimum atomic E-state index is -0.452. The Morgan fingerprint density at radius 2 is 2.14 bits per heavy atom. The van der Waals surface area contributed by atoms with Gasteiger partial charge < -0.3 is 0 Å². The number of halogens is 2. The first kappa shape index (κ1) is 11.5. The summed E-state index contributed by atoms with van der Waals surface area (Å²) in [5, 5.41) is 0.266. The molecule has 14 heavy (non-hydrogen) atoms. The van der Waals surface area contributed by atoms with Gasteiger partial charge in [0.1, 0.15) is 5.78 Å². The van der Waals surface area contributed by atoms with E-state index in [0.717, 1.165) is 16.1 Å². The van der Waals surface area contributed by atoms with Gasteiger partial charge in [-0.25, -0.2) is 0 Å².